The molecule has 1 aromatic carbocycles. The summed E-state index contributed by atoms with van der Waals surface area (Å²) in [4.78, 5) is 14.8. The fourth-order valence-electron chi connectivity index (χ4n) is 1.93. The van der Waals surface area contributed by atoms with Crippen LogP contribution in [0.5, 0.6) is 5.75 Å². The van der Waals surface area contributed by atoms with E-state index in [4.69, 9.17) is 12.2 Å². The zero-order chi connectivity index (χ0) is 16.1. The monoisotopic (exact) mass is 324 g/mol. The maximum atomic E-state index is 12.4. The molecule has 0 saturated heterocycles. The van der Waals surface area contributed by atoms with Crippen LogP contribution in [-0.4, -0.2) is 17.5 Å². The van der Waals surface area contributed by atoms with E-state index in [2.05, 4.69) is 15.0 Å². The molecule has 2 aromatic rings. The smallest absolute Gasteiger partial charge is 0.387 e. The predicted octanol–water partition coefficient (Wildman–Crippen LogP) is 3.58. The summed E-state index contributed by atoms with van der Waals surface area (Å²) in [5, 5.41) is 2.65. The number of alkyl halides is 2. The van der Waals surface area contributed by atoms with Gasteiger partial charge >= 0.3 is 6.61 Å². The number of rotatable bonds is 5. The highest BCUT2D eigenvalue weighted by molar-refractivity contribution is 7.71. The number of pyridine rings is 1. The summed E-state index contributed by atoms with van der Waals surface area (Å²) >= 11 is 5.02. The highest BCUT2D eigenvalue weighted by Crippen LogP contribution is 2.22. The Morgan fingerprint density at radius 1 is 1.41 bits per heavy atom. The summed E-state index contributed by atoms with van der Waals surface area (Å²) in [7, 11) is 0. The van der Waals surface area contributed by atoms with Gasteiger partial charge in [0.25, 0.3) is 5.91 Å². The molecule has 0 bridgehead atoms. The molecule has 0 aliphatic rings. The number of carbonyl (C=O) groups excluding carboxylic acids is 1. The number of nitrogens with one attached hydrogen (secondary N) is 2. The third-order valence-electron chi connectivity index (χ3n) is 2.93. The van der Waals surface area contributed by atoms with Crippen molar-refractivity contribution in [3.05, 3.63) is 57.9 Å². The molecule has 1 amide bonds. The van der Waals surface area contributed by atoms with Gasteiger partial charge in [-0.3, -0.25) is 4.79 Å². The van der Waals surface area contributed by atoms with E-state index < -0.39 is 6.61 Å². The third-order valence-corrected chi connectivity index (χ3v) is 3.27. The zero-order valence-corrected chi connectivity index (χ0v) is 12.5. The lowest BCUT2D eigenvalue weighted by atomic mass is 10.1. The van der Waals surface area contributed by atoms with Crippen LogP contribution in [0.25, 0.3) is 0 Å². The molecule has 22 heavy (non-hydrogen) atoms. The molecule has 116 valence electrons. The molecule has 0 spiro atoms. The number of aryl methyl sites for hydroxylation is 1. The Morgan fingerprint density at radius 3 is 2.86 bits per heavy atom. The van der Waals surface area contributed by atoms with Crippen molar-refractivity contribution < 1.29 is 18.3 Å². The van der Waals surface area contributed by atoms with Crippen LogP contribution in [0.1, 0.15) is 21.5 Å². The molecule has 0 radical (unpaired) electrons. The average Bonchev–Trinajstić information content (AvgIpc) is 2.47. The maximum Gasteiger partial charge on any atom is 0.387 e. The van der Waals surface area contributed by atoms with E-state index in [0.29, 0.717) is 15.8 Å². The first kappa shape index (κ1) is 16.1. The van der Waals surface area contributed by atoms with E-state index in [1.54, 1.807) is 30.5 Å². The Morgan fingerprint density at radius 2 is 2.18 bits per heavy atom. The van der Waals surface area contributed by atoms with E-state index in [1.807, 2.05) is 6.92 Å². The van der Waals surface area contributed by atoms with Crippen molar-refractivity contribution in [3.63, 3.8) is 0 Å². The lowest BCUT2D eigenvalue weighted by Crippen LogP contribution is -2.24. The number of H-pyrrole nitrogens is 1. The number of halogens is 2. The molecule has 0 unspecified atom stereocenters. The minimum Gasteiger partial charge on any atom is -0.434 e. The SMILES string of the molecule is Cc1ccc(OC(F)F)c(CNC(=O)c2ccc[nH]c2=S)c1. The summed E-state index contributed by atoms with van der Waals surface area (Å²) in [6, 6.07) is 8.04. The Labute approximate surface area is 131 Å². The second-order valence-electron chi connectivity index (χ2n) is 4.59. The molecular formula is C15H14F2N2O2S. The minimum absolute atomic E-state index is 0.0409. The van der Waals surface area contributed by atoms with Gasteiger partial charge in [0.05, 0.1) is 5.56 Å². The molecular weight excluding hydrogens is 310 g/mol. The van der Waals surface area contributed by atoms with Crippen molar-refractivity contribution in [1.82, 2.24) is 10.3 Å². The van der Waals surface area contributed by atoms with E-state index >= 15 is 0 Å². The van der Waals surface area contributed by atoms with Gasteiger partial charge in [0, 0.05) is 18.3 Å². The second-order valence-corrected chi connectivity index (χ2v) is 4.99. The van der Waals surface area contributed by atoms with E-state index in [0.717, 1.165) is 5.56 Å². The average molecular weight is 324 g/mol. The minimum atomic E-state index is -2.92. The normalized spacial score (nSPS) is 10.5. The van der Waals surface area contributed by atoms with Crippen LogP contribution in [0.15, 0.2) is 36.5 Å². The molecule has 7 heteroatoms. The first-order valence-electron chi connectivity index (χ1n) is 6.47. The van der Waals surface area contributed by atoms with E-state index in [1.165, 1.54) is 6.07 Å². The van der Waals surface area contributed by atoms with Gasteiger partial charge in [0.15, 0.2) is 0 Å². The summed E-state index contributed by atoms with van der Waals surface area (Å²) in [5.74, 6) is -0.342. The summed E-state index contributed by atoms with van der Waals surface area (Å²) < 4.78 is 29.5. The molecule has 0 fully saturated rings. The van der Waals surface area contributed by atoms with Gasteiger partial charge in [0.1, 0.15) is 10.4 Å². The van der Waals surface area contributed by atoms with Crippen LogP contribution >= 0.6 is 12.2 Å². The van der Waals surface area contributed by atoms with Gasteiger partial charge in [-0.05, 0) is 25.1 Å². The Kier molecular flexibility index (Phi) is 5.21. The van der Waals surface area contributed by atoms with Gasteiger partial charge < -0.3 is 15.0 Å². The van der Waals surface area contributed by atoms with Gasteiger partial charge in [-0.25, -0.2) is 0 Å². The molecule has 2 rings (SSSR count). The molecule has 0 saturated carbocycles. The van der Waals surface area contributed by atoms with Crippen LogP contribution in [0.4, 0.5) is 8.78 Å². The lowest BCUT2D eigenvalue weighted by Gasteiger charge is -2.12. The van der Waals surface area contributed by atoms with Gasteiger partial charge in [-0.2, -0.15) is 8.78 Å². The van der Waals surface area contributed by atoms with Crippen molar-refractivity contribution in [2.24, 2.45) is 0 Å². The number of ether oxygens (including phenoxy) is 1. The second kappa shape index (κ2) is 7.13. The fraction of sp³-hybridized carbons (Fsp3) is 0.200. The standard InChI is InChI=1S/C15H14F2N2O2S/c1-9-4-5-12(21-15(16)17)10(7-9)8-19-13(20)11-3-2-6-18-14(11)22/h2-7,15H,8H2,1H3,(H,18,22)(H,19,20). The number of amides is 1. The van der Waals surface area contributed by atoms with Crippen molar-refractivity contribution >= 4 is 18.1 Å². The van der Waals surface area contributed by atoms with Gasteiger partial charge in [0.2, 0.25) is 0 Å². The maximum absolute atomic E-state index is 12.4. The van der Waals surface area contributed by atoms with Crippen LogP contribution < -0.4 is 10.1 Å². The molecule has 1 aromatic heterocycles. The van der Waals surface area contributed by atoms with Crippen molar-refractivity contribution in [2.45, 2.75) is 20.1 Å². The molecule has 0 atom stereocenters. The predicted molar refractivity (Wildman–Crippen MR) is 80.6 cm³/mol. The Hall–Kier alpha value is -2.28. The number of hydrogen-bond acceptors (Lipinski definition) is 3. The third kappa shape index (κ3) is 4.11. The van der Waals surface area contributed by atoms with Gasteiger partial charge in [-0.1, -0.05) is 29.9 Å². The fourth-order valence-corrected chi connectivity index (χ4v) is 2.16. The number of aromatic amines is 1. The number of hydrogen-bond donors (Lipinski definition) is 2. The molecule has 0 aliphatic heterocycles. The van der Waals surface area contributed by atoms with E-state index in [9.17, 15) is 13.6 Å². The first-order chi connectivity index (χ1) is 10.5. The van der Waals surface area contributed by atoms with Gasteiger partial charge in [-0.15, -0.1) is 0 Å². The largest absolute Gasteiger partial charge is 0.434 e. The van der Waals surface area contributed by atoms with Crippen molar-refractivity contribution in [2.75, 3.05) is 0 Å². The number of benzene rings is 1. The molecule has 1 heterocycles. The number of aromatic nitrogens is 1. The van der Waals surface area contributed by atoms with Crippen LogP contribution in [0, 0.1) is 11.6 Å². The van der Waals surface area contributed by atoms with Crippen molar-refractivity contribution in [1.29, 1.82) is 0 Å². The summed E-state index contributed by atoms with van der Waals surface area (Å²) in [5.41, 5.74) is 1.67. The quantitative estimate of drug-likeness (QED) is 0.827. The van der Waals surface area contributed by atoms with Crippen molar-refractivity contribution in [3.8, 4) is 5.75 Å². The van der Waals surface area contributed by atoms with E-state index in [-0.39, 0.29) is 18.2 Å². The lowest BCUT2D eigenvalue weighted by molar-refractivity contribution is -0.0504. The Balaban J connectivity index is 2.14. The highest BCUT2D eigenvalue weighted by atomic mass is 32.1. The summed E-state index contributed by atoms with van der Waals surface area (Å²) in [6.07, 6.45) is 1.62. The van der Waals surface area contributed by atoms with Crippen LogP contribution in [-0.2, 0) is 6.54 Å². The number of carbonyl (C=O) groups is 1. The summed E-state index contributed by atoms with van der Waals surface area (Å²) in [6.45, 7) is -1.03. The highest BCUT2D eigenvalue weighted by Gasteiger charge is 2.12. The first-order valence-corrected chi connectivity index (χ1v) is 6.88. The Bertz CT molecular complexity index is 731. The molecule has 0 aliphatic carbocycles. The zero-order valence-electron chi connectivity index (χ0n) is 11.7. The van der Waals surface area contributed by atoms with Crippen LogP contribution in [0.3, 0.4) is 0 Å². The molecule has 4 nitrogen and oxygen atoms in total. The van der Waals surface area contributed by atoms with Crippen LogP contribution in [0.2, 0.25) is 0 Å². The molecule has 2 N–H and O–H groups in total. The topological polar surface area (TPSA) is 54.1 Å².